The van der Waals surface area contributed by atoms with Crippen LogP contribution in [0.15, 0.2) is 18.2 Å². The van der Waals surface area contributed by atoms with Crippen LogP contribution in [-0.2, 0) is 10.2 Å². The fourth-order valence-electron chi connectivity index (χ4n) is 2.56. The average molecular weight is 262 g/mol. The maximum atomic E-state index is 12.3. The summed E-state index contributed by atoms with van der Waals surface area (Å²) in [7, 11) is 5.49. The first-order valence-corrected chi connectivity index (χ1v) is 6.49. The smallest absolute Gasteiger partial charge is 0.241 e. The zero-order valence-electron chi connectivity index (χ0n) is 12.4. The third kappa shape index (κ3) is 2.59. The molecule has 0 N–H and O–H groups in total. The lowest BCUT2D eigenvalue weighted by Gasteiger charge is -2.22. The molecular formula is C15H22N2O2. The fraction of sp³-hybridized carbons (Fsp3) is 0.533. The van der Waals surface area contributed by atoms with Crippen LogP contribution >= 0.6 is 0 Å². The molecule has 4 nitrogen and oxygen atoms in total. The van der Waals surface area contributed by atoms with Crippen molar-refractivity contribution in [1.29, 1.82) is 0 Å². The molecule has 19 heavy (non-hydrogen) atoms. The molecule has 4 heteroatoms. The molecule has 0 saturated heterocycles. The molecule has 1 amide bonds. The number of methoxy groups -OCH3 is 1. The van der Waals surface area contributed by atoms with Crippen LogP contribution in [0.1, 0.15) is 19.4 Å². The number of benzene rings is 1. The molecule has 1 aromatic carbocycles. The molecule has 1 heterocycles. The standard InChI is InChI=1S/C15H22N2O2/c1-15(2)10-17(14(18)9-16(3)4)13-7-6-11(19-5)8-12(13)15/h6-8H,9-10H2,1-5H3. The zero-order valence-corrected chi connectivity index (χ0v) is 12.4. The van der Waals surface area contributed by atoms with Crippen molar-refractivity contribution in [2.45, 2.75) is 19.3 Å². The summed E-state index contributed by atoms with van der Waals surface area (Å²) in [5.41, 5.74) is 2.16. The highest BCUT2D eigenvalue weighted by Crippen LogP contribution is 2.42. The van der Waals surface area contributed by atoms with E-state index in [0.717, 1.165) is 18.0 Å². The molecule has 1 aliphatic heterocycles. The number of hydrogen-bond acceptors (Lipinski definition) is 3. The van der Waals surface area contributed by atoms with E-state index in [2.05, 4.69) is 13.8 Å². The Kier molecular flexibility index (Phi) is 3.54. The number of carbonyl (C=O) groups is 1. The molecular weight excluding hydrogens is 240 g/mol. The number of likely N-dealkylation sites (N-methyl/N-ethyl adjacent to an activating group) is 1. The van der Waals surface area contributed by atoms with Crippen LogP contribution < -0.4 is 9.64 Å². The lowest BCUT2D eigenvalue weighted by molar-refractivity contribution is -0.119. The van der Waals surface area contributed by atoms with Gasteiger partial charge in [-0.2, -0.15) is 0 Å². The fourth-order valence-corrected chi connectivity index (χ4v) is 2.56. The van der Waals surface area contributed by atoms with Crippen molar-refractivity contribution < 1.29 is 9.53 Å². The number of nitrogens with zero attached hydrogens (tertiary/aromatic N) is 2. The lowest BCUT2D eigenvalue weighted by atomic mass is 9.87. The van der Waals surface area contributed by atoms with Crippen molar-refractivity contribution in [1.82, 2.24) is 4.90 Å². The topological polar surface area (TPSA) is 32.8 Å². The van der Waals surface area contributed by atoms with Crippen molar-refractivity contribution in [3.05, 3.63) is 23.8 Å². The largest absolute Gasteiger partial charge is 0.497 e. The predicted molar refractivity (Wildman–Crippen MR) is 76.9 cm³/mol. The Morgan fingerprint density at radius 2 is 2.11 bits per heavy atom. The van der Waals surface area contributed by atoms with Crippen LogP contribution in [0, 0.1) is 0 Å². The molecule has 0 atom stereocenters. The van der Waals surface area contributed by atoms with E-state index in [1.54, 1.807) is 7.11 Å². The van der Waals surface area contributed by atoms with Gasteiger partial charge in [0, 0.05) is 17.6 Å². The van der Waals surface area contributed by atoms with Crippen molar-refractivity contribution in [3.8, 4) is 5.75 Å². The Balaban J connectivity index is 2.36. The zero-order chi connectivity index (χ0) is 14.2. The van der Waals surface area contributed by atoms with E-state index in [0.29, 0.717) is 6.54 Å². The summed E-state index contributed by atoms with van der Waals surface area (Å²) in [6.07, 6.45) is 0. The first kappa shape index (κ1) is 13.9. The summed E-state index contributed by atoms with van der Waals surface area (Å²) >= 11 is 0. The molecule has 104 valence electrons. The normalized spacial score (nSPS) is 16.6. The number of hydrogen-bond donors (Lipinski definition) is 0. The number of anilines is 1. The van der Waals surface area contributed by atoms with Gasteiger partial charge in [-0.15, -0.1) is 0 Å². The number of fused-ring (bicyclic) bond motifs is 1. The van der Waals surface area contributed by atoms with Crippen LogP contribution in [0.2, 0.25) is 0 Å². The van der Waals surface area contributed by atoms with Gasteiger partial charge in [-0.1, -0.05) is 13.8 Å². The van der Waals surface area contributed by atoms with E-state index in [9.17, 15) is 4.79 Å². The summed E-state index contributed by atoms with van der Waals surface area (Å²) in [6, 6.07) is 5.94. The van der Waals surface area contributed by atoms with Crippen LogP contribution in [0.3, 0.4) is 0 Å². The van der Waals surface area contributed by atoms with Gasteiger partial charge in [-0.25, -0.2) is 0 Å². The van der Waals surface area contributed by atoms with Gasteiger partial charge in [0.2, 0.25) is 5.91 Å². The first-order valence-electron chi connectivity index (χ1n) is 6.49. The molecule has 0 aliphatic carbocycles. The monoisotopic (exact) mass is 262 g/mol. The van der Waals surface area contributed by atoms with Gasteiger partial charge in [0.05, 0.1) is 13.7 Å². The molecule has 2 rings (SSSR count). The van der Waals surface area contributed by atoms with Crippen LogP contribution in [-0.4, -0.2) is 45.1 Å². The van der Waals surface area contributed by atoms with Gasteiger partial charge in [-0.3, -0.25) is 4.79 Å². The number of rotatable bonds is 3. The molecule has 1 aliphatic rings. The minimum atomic E-state index is -0.0359. The van der Waals surface area contributed by atoms with Gasteiger partial charge in [0.15, 0.2) is 0 Å². The van der Waals surface area contributed by atoms with E-state index in [1.807, 2.05) is 42.1 Å². The Hall–Kier alpha value is -1.55. The molecule has 0 saturated carbocycles. The predicted octanol–water partition coefficient (Wildman–Crippen LogP) is 1.88. The maximum Gasteiger partial charge on any atom is 0.241 e. The first-order chi connectivity index (χ1) is 8.85. The van der Waals surface area contributed by atoms with E-state index < -0.39 is 0 Å². The van der Waals surface area contributed by atoms with Gasteiger partial charge in [0.25, 0.3) is 0 Å². The highest BCUT2D eigenvalue weighted by atomic mass is 16.5. The highest BCUT2D eigenvalue weighted by molar-refractivity contribution is 5.97. The molecule has 0 fully saturated rings. The quantitative estimate of drug-likeness (QED) is 0.834. The van der Waals surface area contributed by atoms with Crippen molar-refractivity contribution in [3.63, 3.8) is 0 Å². The Morgan fingerprint density at radius 3 is 2.68 bits per heavy atom. The Labute approximate surface area is 115 Å². The second kappa shape index (κ2) is 4.85. The van der Waals surface area contributed by atoms with Crippen molar-refractivity contribution >= 4 is 11.6 Å². The third-order valence-corrected chi connectivity index (χ3v) is 3.53. The molecule has 0 unspecified atom stereocenters. The molecule has 0 aromatic heterocycles. The highest BCUT2D eigenvalue weighted by Gasteiger charge is 2.38. The number of amides is 1. The van der Waals surface area contributed by atoms with Crippen molar-refractivity contribution in [2.75, 3.05) is 39.2 Å². The van der Waals surface area contributed by atoms with Crippen LogP contribution in [0.5, 0.6) is 5.75 Å². The minimum Gasteiger partial charge on any atom is -0.497 e. The van der Waals surface area contributed by atoms with Crippen molar-refractivity contribution in [2.24, 2.45) is 0 Å². The third-order valence-electron chi connectivity index (χ3n) is 3.53. The second-order valence-electron chi connectivity index (χ2n) is 5.98. The van der Waals surface area contributed by atoms with E-state index in [4.69, 9.17) is 4.74 Å². The average Bonchev–Trinajstić information content (AvgIpc) is 2.60. The number of carbonyl (C=O) groups excluding carboxylic acids is 1. The Morgan fingerprint density at radius 1 is 1.42 bits per heavy atom. The minimum absolute atomic E-state index is 0.0359. The summed E-state index contributed by atoms with van der Waals surface area (Å²) in [6.45, 7) is 5.48. The van der Waals surface area contributed by atoms with E-state index in [-0.39, 0.29) is 11.3 Å². The summed E-state index contributed by atoms with van der Waals surface area (Å²) in [5, 5.41) is 0. The molecule has 0 radical (unpaired) electrons. The molecule has 0 spiro atoms. The second-order valence-corrected chi connectivity index (χ2v) is 5.98. The van der Waals surface area contributed by atoms with Gasteiger partial charge < -0.3 is 14.5 Å². The Bertz CT molecular complexity index is 495. The maximum absolute atomic E-state index is 12.3. The summed E-state index contributed by atoms with van der Waals surface area (Å²) in [4.78, 5) is 16.1. The summed E-state index contributed by atoms with van der Waals surface area (Å²) < 4.78 is 5.28. The molecule has 0 bridgehead atoms. The number of ether oxygens (including phenoxy) is 1. The van der Waals surface area contributed by atoms with Gasteiger partial charge in [0.1, 0.15) is 5.75 Å². The van der Waals surface area contributed by atoms with E-state index in [1.165, 1.54) is 5.56 Å². The summed E-state index contributed by atoms with van der Waals surface area (Å²) in [5.74, 6) is 0.982. The molecule has 1 aromatic rings. The van der Waals surface area contributed by atoms with Gasteiger partial charge in [-0.05, 0) is 37.9 Å². The lowest BCUT2D eigenvalue weighted by Crippen LogP contribution is -2.39. The van der Waals surface area contributed by atoms with Crippen LogP contribution in [0.4, 0.5) is 5.69 Å². The van der Waals surface area contributed by atoms with Gasteiger partial charge >= 0.3 is 0 Å². The SMILES string of the molecule is COc1ccc2c(c1)C(C)(C)CN2C(=O)CN(C)C. The van der Waals surface area contributed by atoms with E-state index >= 15 is 0 Å². The van der Waals surface area contributed by atoms with Crippen LogP contribution in [0.25, 0.3) is 0 Å².